The van der Waals surface area contributed by atoms with E-state index in [1.54, 1.807) is 12.1 Å². The zero-order chi connectivity index (χ0) is 14.5. The van der Waals surface area contributed by atoms with E-state index < -0.39 is 4.92 Å². The second-order valence-corrected chi connectivity index (χ2v) is 4.93. The molecule has 1 amide bonds. The van der Waals surface area contributed by atoms with Gasteiger partial charge in [-0.25, -0.2) is 0 Å². The van der Waals surface area contributed by atoms with Gasteiger partial charge < -0.3 is 10.4 Å². The monoisotopic (exact) mass is 292 g/mol. The third-order valence-electron chi connectivity index (χ3n) is 2.76. The van der Waals surface area contributed by atoms with Crippen molar-refractivity contribution in [2.24, 2.45) is 0 Å². The molecule has 104 valence electrons. The fourth-order valence-electron chi connectivity index (χ4n) is 1.70. The Morgan fingerprint density at radius 1 is 1.35 bits per heavy atom. The van der Waals surface area contributed by atoms with Crippen LogP contribution in [0.4, 0.5) is 5.00 Å². The van der Waals surface area contributed by atoms with Crippen LogP contribution in [0.15, 0.2) is 35.7 Å². The number of rotatable bonds is 5. The lowest BCUT2D eigenvalue weighted by Crippen LogP contribution is -2.22. The average molecular weight is 292 g/mol. The molecule has 1 aromatic carbocycles. The van der Waals surface area contributed by atoms with Gasteiger partial charge in [0.15, 0.2) is 0 Å². The third-order valence-corrected chi connectivity index (χ3v) is 3.64. The largest absolute Gasteiger partial charge is 0.392 e. The van der Waals surface area contributed by atoms with Crippen molar-refractivity contribution in [3.8, 4) is 0 Å². The summed E-state index contributed by atoms with van der Waals surface area (Å²) in [5.74, 6) is -0.373. The van der Waals surface area contributed by atoms with Crippen LogP contribution in [0.2, 0.25) is 0 Å². The van der Waals surface area contributed by atoms with Gasteiger partial charge in [0.1, 0.15) is 0 Å². The number of aliphatic hydroxyl groups is 1. The Morgan fingerprint density at radius 2 is 2.05 bits per heavy atom. The van der Waals surface area contributed by atoms with Crippen LogP contribution in [0, 0.1) is 10.1 Å². The molecule has 6 nitrogen and oxygen atoms in total. The highest BCUT2D eigenvalue weighted by molar-refractivity contribution is 7.13. The van der Waals surface area contributed by atoms with E-state index >= 15 is 0 Å². The first-order valence-electron chi connectivity index (χ1n) is 5.80. The van der Waals surface area contributed by atoms with Gasteiger partial charge in [-0.15, -0.1) is 0 Å². The van der Waals surface area contributed by atoms with Crippen LogP contribution in [0.5, 0.6) is 0 Å². The van der Waals surface area contributed by atoms with Crippen LogP contribution < -0.4 is 5.32 Å². The molecule has 1 aromatic heterocycles. The lowest BCUT2D eigenvalue weighted by atomic mass is 10.1. The zero-order valence-electron chi connectivity index (χ0n) is 10.4. The molecular formula is C13H12N2O4S. The van der Waals surface area contributed by atoms with Crippen LogP contribution in [0.25, 0.3) is 0 Å². The van der Waals surface area contributed by atoms with Gasteiger partial charge in [0.2, 0.25) is 0 Å². The van der Waals surface area contributed by atoms with Gasteiger partial charge in [-0.05, 0) is 11.1 Å². The Bertz CT molecular complexity index is 639. The first kappa shape index (κ1) is 14.2. The Hall–Kier alpha value is -2.25. The molecule has 0 unspecified atom stereocenters. The van der Waals surface area contributed by atoms with Crippen LogP contribution in [-0.4, -0.2) is 15.9 Å². The van der Waals surface area contributed by atoms with E-state index in [2.05, 4.69) is 5.32 Å². The zero-order valence-corrected chi connectivity index (χ0v) is 11.2. The summed E-state index contributed by atoms with van der Waals surface area (Å²) in [6.07, 6.45) is 0. The van der Waals surface area contributed by atoms with Crippen LogP contribution >= 0.6 is 11.3 Å². The summed E-state index contributed by atoms with van der Waals surface area (Å²) in [7, 11) is 0. The second kappa shape index (κ2) is 6.27. The molecule has 2 N–H and O–H groups in total. The fraction of sp³-hybridized carbons (Fsp3) is 0.154. The predicted molar refractivity (Wildman–Crippen MR) is 74.5 cm³/mol. The molecule has 2 rings (SSSR count). The normalized spacial score (nSPS) is 10.2. The maximum atomic E-state index is 11.9. The number of nitrogens with zero attached hydrogens (tertiary/aromatic N) is 1. The topological polar surface area (TPSA) is 92.5 Å². The standard InChI is InChI=1S/C13H12N2O4S/c16-7-10-4-2-1-3-9(10)6-14-13(17)11-5-12(15(18)19)20-8-11/h1-5,8,16H,6-7H2,(H,14,17). The minimum Gasteiger partial charge on any atom is -0.392 e. The lowest BCUT2D eigenvalue weighted by Gasteiger charge is -2.08. The smallest absolute Gasteiger partial charge is 0.324 e. The van der Waals surface area contributed by atoms with Gasteiger partial charge in [-0.2, -0.15) is 0 Å². The number of aliphatic hydroxyl groups excluding tert-OH is 1. The summed E-state index contributed by atoms with van der Waals surface area (Å²) in [5, 5.41) is 23.8. The number of hydrogen-bond acceptors (Lipinski definition) is 5. The summed E-state index contributed by atoms with van der Waals surface area (Å²) in [5.41, 5.74) is 1.82. The molecule has 0 aliphatic rings. The highest BCUT2D eigenvalue weighted by Crippen LogP contribution is 2.22. The minimum atomic E-state index is -0.525. The minimum absolute atomic E-state index is 0.0640. The van der Waals surface area contributed by atoms with E-state index in [0.29, 0.717) is 0 Å². The molecular weight excluding hydrogens is 280 g/mol. The Balaban J connectivity index is 2.03. The van der Waals surface area contributed by atoms with E-state index in [9.17, 15) is 20.0 Å². The number of nitrogens with one attached hydrogen (secondary N) is 1. The Kier molecular flexibility index (Phi) is 4.44. The predicted octanol–water partition coefficient (Wildman–Crippen LogP) is 2.08. The van der Waals surface area contributed by atoms with Crippen molar-refractivity contribution < 1.29 is 14.8 Å². The van der Waals surface area contributed by atoms with E-state index in [0.717, 1.165) is 22.5 Å². The van der Waals surface area contributed by atoms with E-state index in [4.69, 9.17) is 0 Å². The number of thiophene rings is 1. The quantitative estimate of drug-likeness (QED) is 0.652. The SMILES string of the molecule is O=C(NCc1ccccc1CO)c1csc([N+](=O)[O-])c1. The molecule has 2 aromatic rings. The van der Waals surface area contributed by atoms with Crippen LogP contribution in [-0.2, 0) is 13.2 Å². The van der Waals surface area contributed by atoms with Crippen molar-refractivity contribution >= 4 is 22.2 Å². The summed E-state index contributed by atoms with van der Waals surface area (Å²) in [4.78, 5) is 21.9. The molecule has 0 fully saturated rings. The molecule has 0 saturated heterocycles. The van der Waals surface area contributed by atoms with Crippen molar-refractivity contribution in [3.63, 3.8) is 0 Å². The average Bonchev–Trinajstić information content (AvgIpc) is 2.95. The molecule has 0 radical (unpaired) electrons. The first-order valence-corrected chi connectivity index (χ1v) is 6.68. The number of amides is 1. The summed E-state index contributed by atoms with van der Waals surface area (Å²) < 4.78 is 0. The lowest BCUT2D eigenvalue weighted by molar-refractivity contribution is -0.380. The Morgan fingerprint density at radius 3 is 2.65 bits per heavy atom. The van der Waals surface area contributed by atoms with Crippen molar-refractivity contribution in [2.45, 2.75) is 13.2 Å². The molecule has 7 heteroatoms. The highest BCUT2D eigenvalue weighted by Gasteiger charge is 2.14. The molecule has 0 atom stereocenters. The summed E-state index contributed by atoms with van der Waals surface area (Å²) in [6, 6.07) is 8.45. The Labute approximate surface area is 118 Å². The summed E-state index contributed by atoms with van der Waals surface area (Å²) in [6.45, 7) is 0.162. The van der Waals surface area contributed by atoms with E-state index in [1.165, 1.54) is 11.4 Å². The molecule has 0 saturated carbocycles. The molecule has 1 heterocycles. The number of carbonyl (C=O) groups is 1. The molecule has 0 aliphatic heterocycles. The fourth-order valence-corrected chi connectivity index (χ4v) is 2.41. The van der Waals surface area contributed by atoms with E-state index in [-0.39, 0.29) is 29.6 Å². The summed E-state index contributed by atoms with van der Waals surface area (Å²) >= 11 is 0.915. The van der Waals surface area contributed by atoms with Gasteiger partial charge in [0, 0.05) is 18.0 Å². The number of hydrogen-bond donors (Lipinski definition) is 2. The van der Waals surface area contributed by atoms with Crippen LogP contribution in [0.3, 0.4) is 0 Å². The number of nitro groups is 1. The van der Waals surface area contributed by atoms with Crippen molar-refractivity contribution in [3.05, 3.63) is 62.5 Å². The molecule has 0 bridgehead atoms. The van der Waals surface area contributed by atoms with Crippen molar-refractivity contribution in [2.75, 3.05) is 0 Å². The van der Waals surface area contributed by atoms with Gasteiger partial charge in [0.25, 0.3) is 5.91 Å². The van der Waals surface area contributed by atoms with Crippen LogP contribution in [0.1, 0.15) is 21.5 Å². The maximum absolute atomic E-state index is 11.9. The number of benzene rings is 1. The van der Waals surface area contributed by atoms with Gasteiger partial charge >= 0.3 is 5.00 Å². The van der Waals surface area contributed by atoms with Gasteiger partial charge in [-0.3, -0.25) is 14.9 Å². The van der Waals surface area contributed by atoms with Crippen molar-refractivity contribution in [1.29, 1.82) is 0 Å². The second-order valence-electron chi connectivity index (χ2n) is 4.04. The number of carbonyl (C=O) groups excluding carboxylic acids is 1. The highest BCUT2D eigenvalue weighted by atomic mass is 32.1. The molecule has 20 heavy (non-hydrogen) atoms. The first-order chi connectivity index (χ1) is 9.61. The van der Waals surface area contributed by atoms with Gasteiger partial charge in [-0.1, -0.05) is 35.6 Å². The maximum Gasteiger partial charge on any atom is 0.324 e. The molecule has 0 aliphatic carbocycles. The van der Waals surface area contributed by atoms with Crippen molar-refractivity contribution in [1.82, 2.24) is 5.32 Å². The van der Waals surface area contributed by atoms with E-state index in [1.807, 2.05) is 12.1 Å². The van der Waals surface area contributed by atoms with Gasteiger partial charge in [0.05, 0.1) is 17.1 Å². The third kappa shape index (κ3) is 3.19. The molecule has 0 spiro atoms.